The number of nitrogens with zero attached hydrogens (tertiary/aromatic N) is 3. The molecule has 9 heteroatoms. The fourth-order valence-corrected chi connectivity index (χ4v) is 3.47. The molecule has 0 spiro atoms. The highest BCUT2D eigenvalue weighted by Crippen LogP contribution is 2.29. The number of carbonyl (C=O) groups excluding carboxylic acids is 1. The number of hydrogen-bond donors (Lipinski definition) is 0. The van der Waals surface area contributed by atoms with E-state index in [-0.39, 0.29) is 17.7 Å². The second-order valence-corrected chi connectivity index (χ2v) is 7.10. The van der Waals surface area contributed by atoms with E-state index in [4.69, 9.17) is 4.74 Å². The van der Waals surface area contributed by atoms with Crippen LogP contribution in [0, 0.1) is 0 Å². The summed E-state index contributed by atoms with van der Waals surface area (Å²) < 4.78 is 45.9. The molecule has 3 heterocycles. The Morgan fingerprint density at radius 1 is 1.20 bits per heavy atom. The van der Waals surface area contributed by atoms with E-state index in [1.807, 2.05) is 6.92 Å². The Bertz CT molecular complexity index is 1160. The van der Waals surface area contributed by atoms with Gasteiger partial charge in [-0.15, -0.1) is 0 Å². The first-order chi connectivity index (χ1) is 14.2. The molecule has 1 atom stereocenters. The minimum atomic E-state index is -4.73. The fourth-order valence-electron chi connectivity index (χ4n) is 3.47. The number of benzene rings is 1. The first-order valence-electron chi connectivity index (χ1n) is 9.35. The topological polar surface area (TPSA) is 63.9 Å². The summed E-state index contributed by atoms with van der Waals surface area (Å²) in [4.78, 5) is 30.2. The highest BCUT2D eigenvalue weighted by Gasteiger charge is 2.33. The van der Waals surface area contributed by atoms with Gasteiger partial charge in [-0.25, -0.2) is 4.98 Å². The number of morpholine rings is 1. The van der Waals surface area contributed by atoms with Crippen LogP contribution in [0.1, 0.15) is 23.0 Å². The van der Waals surface area contributed by atoms with Crippen molar-refractivity contribution in [2.75, 3.05) is 19.7 Å². The second-order valence-electron chi connectivity index (χ2n) is 7.10. The molecule has 0 aliphatic carbocycles. The van der Waals surface area contributed by atoms with Crippen molar-refractivity contribution >= 4 is 11.6 Å². The predicted octanol–water partition coefficient (Wildman–Crippen LogP) is 3.24. The van der Waals surface area contributed by atoms with Crippen LogP contribution in [-0.4, -0.2) is 46.0 Å². The van der Waals surface area contributed by atoms with Gasteiger partial charge in [0.1, 0.15) is 5.65 Å². The van der Waals surface area contributed by atoms with Crippen LogP contribution in [0.2, 0.25) is 0 Å². The normalized spacial score (nSPS) is 17.3. The van der Waals surface area contributed by atoms with Crippen molar-refractivity contribution in [3.63, 3.8) is 0 Å². The average molecular weight is 417 g/mol. The van der Waals surface area contributed by atoms with Crippen LogP contribution < -0.4 is 5.56 Å². The third kappa shape index (κ3) is 3.80. The quantitative estimate of drug-likeness (QED) is 0.642. The number of alkyl halides is 3. The monoisotopic (exact) mass is 417 g/mol. The summed E-state index contributed by atoms with van der Waals surface area (Å²) in [5.41, 5.74) is -0.783. The van der Waals surface area contributed by atoms with Gasteiger partial charge in [-0.05, 0) is 36.8 Å². The number of aromatic nitrogens is 2. The number of carbonyl (C=O) groups is 1. The summed E-state index contributed by atoms with van der Waals surface area (Å²) >= 11 is 0. The highest BCUT2D eigenvalue weighted by molar-refractivity contribution is 5.95. The zero-order valence-corrected chi connectivity index (χ0v) is 16.0. The Hall–Kier alpha value is -3.20. The van der Waals surface area contributed by atoms with Crippen LogP contribution in [0.5, 0.6) is 0 Å². The van der Waals surface area contributed by atoms with E-state index >= 15 is 0 Å². The van der Waals surface area contributed by atoms with Crippen molar-refractivity contribution in [3.05, 3.63) is 70.3 Å². The lowest BCUT2D eigenvalue weighted by Crippen LogP contribution is -2.44. The van der Waals surface area contributed by atoms with Crippen LogP contribution in [0.25, 0.3) is 16.8 Å². The van der Waals surface area contributed by atoms with Gasteiger partial charge in [0.15, 0.2) is 5.69 Å². The lowest BCUT2D eigenvalue weighted by atomic mass is 10.0. The van der Waals surface area contributed by atoms with Gasteiger partial charge >= 0.3 is 6.18 Å². The zero-order chi connectivity index (χ0) is 21.5. The molecule has 0 bridgehead atoms. The molecule has 3 aromatic rings. The summed E-state index contributed by atoms with van der Waals surface area (Å²) in [6.45, 7) is 3.37. The molecule has 0 N–H and O–H groups in total. The van der Waals surface area contributed by atoms with Crippen molar-refractivity contribution in [2.24, 2.45) is 0 Å². The molecule has 0 saturated carbocycles. The molecule has 1 saturated heterocycles. The van der Waals surface area contributed by atoms with Crippen LogP contribution in [0.4, 0.5) is 13.2 Å². The van der Waals surface area contributed by atoms with E-state index in [2.05, 4.69) is 4.98 Å². The van der Waals surface area contributed by atoms with Crippen molar-refractivity contribution in [3.8, 4) is 11.1 Å². The number of hydrogen-bond acceptors (Lipinski definition) is 4. The summed E-state index contributed by atoms with van der Waals surface area (Å²) in [6.07, 6.45) is -3.40. The minimum Gasteiger partial charge on any atom is -0.375 e. The molecule has 30 heavy (non-hydrogen) atoms. The van der Waals surface area contributed by atoms with Gasteiger partial charge in [0.05, 0.1) is 12.7 Å². The molecule has 4 rings (SSSR count). The molecule has 6 nitrogen and oxygen atoms in total. The summed E-state index contributed by atoms with van der Waals surface area (Å²) in [5.74, 6) is -0.136. The largest absolute Gasteiger partial charge is 0.433 e. The molecule has 1 fully saturated rings. The molecule has 0 radical (unpaired) electrons. The number of rotatable bonds is 2. The van der Waals surface area contributed by atoms with Gasteiger partial charge in [0.25, 0.3) is 11.5 Å². The maximum atomic E-state index is 13.1. The first-order valence-corrected chi connectivity index (χ1v) is 9.35. The van der Waals surface area contributed by atoms with Crippen molar-refractivity contribution in [2.45, 2.75) is 19.2 Å². The van der Waals surface area contributed by atoms with E-state index in [1.165, 1.54) is 6.20 Å². The Labute approximate surface area is 169 Å². The Kier molecular flexibility index (Phi) is 5.07. The van der Waals surface area contributed by atoms with Crippen molar-refractivity contribution < 1.29 is 22.7 Å². The Morgan fingerprint density at radius 2 is 1.93 bits per heavy atom. The van der Waals surface area contributed by atoms with E-state index in [0.29, 0.717) is 42.5 Å². The van der Waals surface area contributed by atoms with Gasteiger partial charge in [0, 0.05) is 36.5 Å². The van der Waals surface area contributed by atoms with E-state index in [1.54, 1.807) is 41.3 Å². The molecular formula is C21H18F3N3O3. The standard InChI is InChI=1S/C21H18F3N3O3/c1-13-12-26(9-10-30-13)20(29)15-6-4-14(5-7-15)16-3-2-8-27-18(28)11-17(21(22,23)24)25-19(16)27/h2-8,11,13H,9-10,12H2,1H3/t13-/m0/s1. The zero-order valence-electron chi connectivity index (χ0n) is 16.0. The van der Waals surface area contributed by atoms with Crippen molar-refractivity contribution in [1.29, 1.82) is 0 Å². The number of ether oxygens (including phenoxy) is 1. The Balaban J connectivity index is 1.71. The van der Waals surface area contributed by atoms with Crippen molar-refractivity contribution in [1.82, 2.24) is 14.3 Å². The van der Waals surface area contributed by atoms with Crippen LogP contribution in [0.3, 0.4) is 0 Å². The molecule has 1 aliphatic rings. The van der Waals surface area contributed by atoms with E-state index < -0.39 is 17.4 Å². The summed E-state index contributed by atoms with van der Waals surface area (Å²) in [6, 6.07) is 10.1. The molecule has 1 aromatic carbocycles. The first kappa shape index (κ1) is 20.1. The van der Waals surface area contributed by atoms with Gasteiger partial charge in [-0.2, -0.15) is 13.2 Å². The van der Waals surface area contributed by atoms with Crippen LogP contribution in [0.15, 0.2) is 53.5 Å². The average Bonchev–Trinajstić information content (AvgIpc) is 2.72. The predicted molar refractivity (Wildman–Crippen MR) is 103 cm³/mol. The number of halogens is 3. The van der Waals surface area contributed by atoms with Crippen LogP contribution >= 0.6 is 0 Å². The van der Waals surface area contributed by atoms with E-state index in [0.717, 1.165) is 4.40 Å². The van der Waals surface area contributed by atoms with Gasteiger partial charge < -0.3 is 9.64 Å². The maximum Gasteiger partial charge on any atom is 0.433 e. The lowest BCUT2D eigenvalue weighted by molar-refractivity contribution is -0.141. The fraction of sp³-hybridized carbons (Fsp3) is 0.286. The third-order valence-electron chi connectivity index (χ3n) is 4.95. The molecule has 1 amide bonds. The molecule has 1 aliphatic heterocycles. The summed E-state index contributed by atoms with van der Waals surface area (Å²) in [7, 11) is 0. The number of fused-ring (bicyclic) bond motifs is 1. The number of amides is 1. The van der Waals surface area contributed by atoms with Crippen LogP contribution in [-0.2, 0) is 10.9 Å². The van der Waals surface area contributed by atoms with Gasteiger partial charge in [-0.3, -0.25) is 14.0 Å². The second kappa shape index (κ2) is 7.56. The Morgan fingerprint density at radius 3 is 2.60 bits per heavy atom. The maximum absolute atomic E-state index is 13.1. The SMILES string of the molecule is C[C@H]1CN(C(=O)c2ccc(-c3cccn4c(=O)cc(C(F)(F)F)nc34)cc2)CCO1. The van der Waals surface area contributed by atoms with Gasteiger partial charge in [-0.1, -0.05) is 12.1 Å². The summed E-state index contributed by atoms with van der Waals surface area (Å²) in [5, 5.41) is 0. The van der Waals surface area contributed by atoms with Gasteiger partial charge in [0.2, 0.25) is 0 Å². The molecule has 2 aromatic heterocycles. The smallest absolute Gasteiger partial charge is 0.375 e. The number of pyridine rings is 1. The molecular weight excluding hydrogens is 399 g/mol. The molecule has 156 valence electrons. The molecule has 0 unspecified atom stereocenters. The lowest BCUT2D eigenvalue weighted by Gasteiger charge is -2.31. The van der Waals surface area contributed by atoms with E-state index in [9.17, 15) is 22.8 Å². The third-order valence-corrected chi connectivity index (χ3v) is 4.95. The minimum absolute atomic E-state index is 0.0372. The highest BCUT2D eigenvalue weighted by atomic mass is 19.4.